The Labute approximate surface area is 122 Å². The van der Waals surface area contributed by atoms with Crippen LogP contribution in [0.15, 0.2) is 18.2 Å². The average molecular weight is 307 g/mol. The lowest BCUT2D eigenvalue weighted by molar-refractivity contribution is -0.120. The number of aliphatic hydroxyl groups is 1. The van der Waals surface area contributed by atoms with E-state index in [1.807, 2.05) is 0 Å². The van der Waals surface area contributed by atoms with Crippen LogP contribution >= 0.6 is 12.4 Å². The van der Waals surface area contributed by atoms with E-state index in [0.717, 1.165) is 12.1 Å². The largest absolute Gasteiger partial charge is 0.391 e. The van der Waals surface area contributed by atoms with E-state index in [-0.39, 0.29) is 30.3 Å². The highest BCUT2D eigenvalue weighted by Gasteiger charge is 2.25. The van der Waals surface area contributed by atoms with Crippen molar-refractivity contribution in [1.29, 1.82) is 0 Å². The first-order valence-corrected chi connectivity index (χ1v) is 6.16. The topological polar surface area (TPSA) is 61.4 Å². The molecular weight excluding hydrogens is 290 g/mol. The minimum atomic E-state index is -0.724. The number of amides is 1. The van der Waals surface area contributed by atoms with Crippen LogP contribution in [0.3, 0.4) is 0 Å². The second-order valence-electron chi connectivity index (χ2n) is 4.67. The Kier molecular flexibility index (Phi) is 6.32. The lowest BCUT2D eigenvalue weighted by atomic mass is 10.1. The minimum Gasteiger partial charge on any atom is -0.391 e. The third-order valence-electron chi connectivity index (χ3n) is 3.26. The summed E-state index contributed by atoms with van der Waals surface area (Å²) in [4.78, 5) is 11.6. The summed E-state index contributed by atoms with van der Waals surface area (Å²) < 4.78 is 26.7. The second kappa shape index (κ2) is 7.52. The molecule has 0 radical (unpaired) electrons. The van der Waals surface area contributed by atoms with Gasteiger partial charge in [0.05, 0.1) is 12.5 Å². The Bertz CT molecular complexity index is 453. The van der Waals surface area contributed by atoms with Crippen LogP contribution in [-0.2, 0) is 11.2 Å². The summed E-state index contributed by atoms with van der Waals surface area (Å²) in [5.74, 6) is -1.96. The molecule has 2 rings (SSSR count). The first-order valence-electron chi connectivity index (χ1n) is 6.16. The zero-order chi connectivity index (χ0) is 13.8. The molecule has 4 nitrogen and oxygen atoms in total. The van der Waals surface area contributed by atoms with Crippen molar-refractivity contribution in [3.63, 3.8) is 0 Å². The molecule has 1 heterocycles. The molecule has 20 heavy (non-hydrogen) atoms. The Morgan fingerprint density at radius 1 is 1.35 bits per heavy atom. The van der Waals surface area contributed by atoms with E-state index in [0.29, 0.717) is 19.6 Å². The zero-order valence-electron chi connectivity index (χ0n) is 10.7. The van der Waals surface area contributed by atoms with E-state index in [9.17, 15) is 18.7 Å². The van der Waals surface area contributed by atoms with Crippen LogP contribution in [-0.4, -0.2) is 36.8 Å². The SMILES string of the molecule is Cl.O=C(Cc1c(F)cccc1F)NCC1CNCC1O. The first-order chi connectivity index (χ1) is 9.08. The highest BCUT2D eigenvalue weighted by Crippen LogP contribution is 2.13. The third kappa shape index (κ3) is 4.13. The molecule has 3 N–H and O–H groups in total. The van der Waals surface area contributed by atoms with Crippen LogP contribution in [0.1, 0.15) is 5.56 Å². The van der Waals surface area contributed by atoms with Crippen molar-refractivity contribution < 1.29 is 18.7 Å². The molecule has 1 aromatic carbocycles. The molecule has 1 aromatic rings. The molecule has 0 bridgehead atoms. The minimum absolute atomic E-state index is 0. The number of rotatable bonds is 4. The molecule has 0 aliphatic carbocycles. The van der Waals surface area contributed by atoms with E-state index >= 15 is 0 Å². The van der Waals surface area contributed by atoms with Gasteiger partial charge < -0.3 is 15.7 Å². The Morgan fingerprint density at radius 3 is 2.55 bits per heavy atom. The van der Waals surface area contributed by atoms with Crippen LogP contribution in [0.5, 0.6) is 0 Å². The standard InChI is InChI=1S/C13H16F2N2O2.ClH/c14-10-2-1-3-11(15)9(10)4-13(19)17-6-8-5-16-7-12(8)18;/h1-3,8,12,16,18H,4-7H2,(H,17,19);1H. The maximum atomic E-state index is 13.3. The van der Waals surface area contributed by atoms with Gasteiger partial charge in [0, 0.05) is 31.1 Å². The van der Waals surface area contributed by atoms with E-state index in [4.69, 9.17) is 0 Å². The summed E-state index contributed by atoms with van der Waals surface area (Å²) in [5.41, 5.74) is -0.231. The molecule has 7 heteroatoms. The van der Waals surface area contributed by atoms with E-state index in [1.54, 1.807) is 0 Å². The van der Waals surface area contributed by atoms with Crippen molar-refractivity contribution in [2.45, 2.75) is 12.5 Å². The number of nitrogens with one attached hydrogen (secondary N) is 2. The van der Waals surface area contributed by atoms with Crippen molar-refractivity contribution in [3.8, 4) is 0 Å². The van der Waals surface area contributed by atoms with Crippen LogP contribution < -0.4 is 10.6 Å². The van der Waals surface area contributed by atoms with Crippen molar-refractivity contribution >= 4 is 18.3 Å². The number of halogens is 3. The molecular formula is C13H17ClF2N2O2. The molecule has 0 aromatic heterocycles. The molecule has 112 valence electrons. The number of carbonyl (C=O) groups is 1. The van der Waals surface area contributed by atoms with E-state index in [1.165, 1.54) is 6.07 Å². The lowest BCUT2D eigenvalue weighted by Crippen LogP contribution is -2.35. The second-order valence-corrected chi connectivity index (χ2v) is 4.67. The molecule has 1 amide bonds. The van der Waals surface area contributed by atoms with Gasteiger partial charge in [0.15, 0.2) is 0 Å². The molecule has 1 fully saturated rings. The summed E-state index contributed by atoms with van der Waals surface area (Å²) in [6, 6.07) is 3.50. The summed E-state index contributed by atoms with van der Waals surface area (Å²) in [7, 11) is 0. The molecule has 1 saturated heterocycles. The summed E-state index contributed by atoms with van der Waals surface area (Å²) in [6.07, 6.45) is -0.833. The molecule has 2 unspecified atom stereocenters. The third-order valence-corrected chi connectivity index (χ3v) is 3.26. The van der Waals surface area contributed by atoms with Gasteiger partial charge in [-0.05, 0) is 12.1 Å². The normalized spacial score (nSPS) is 21.4. The smallest absolute Gasteiger partial charge is 0.224 e. The highest BCUT2D eigenvalue weighted by atomic mass is 35.5. The number of aliphatic hydroxyl groups excluding tert-OH is 1. The van der Waals surface area contributed by atoms with Gasteiger partial charge in [0.1, 0.15) is 11.6 Å². The quantitative estimate of drug-likeness (QED) is 0.764. The van der Waals surface area contributed by atoms with Gasteiger partial charge in [-0.15, -0.1) is 12.4 Å². The number of β-amino-alcohol motifs (C(OH)–C–C–N with tert-alkyl or cyclic N) is 1. The predicted molar refractivity (Wildman–Crippen MR) is 72.7 cm³/mol. The van der Waals surface area contributed by atoms with Crippen LogP contribution in [0.2, 0.25) is 0 Å². The number of hydrogen-bond acceptors (Lipinski definition) is 3. The molecule has 1 aliphatic rings. The molecule has 2 atom stereocenters. The Hall–Kier alpha value is -1.24. The maximum absolute atomic E-state index is 13.3. The van der Waals surface area contributed by atoms with Crippen molar-refractivity contribution in [2.75, 3.05) is 19.6 Å². The van der Waals surface area contributed by atoms with Crippen molar-refractivity contribution in [3.05, 3.63) is 35.4 Å². The van der Waals surface area contributed by atoms with Gasteiger partial charge in [-0.3, -0.25) is 4.79 Å². The number of carbonyl (C=O) groups excluding carboxylic acids is 1. The molecule has 1 aliphatic heterocycles. The summed E-state index contributed by atoms with van der Waals surface area (Å²) in [6.45, 7) is 1.42. The van der Waals surface area contributed by atoms with Gasteiger partial charge in [0.2, 0.25) is 5.91 Å². The van der Waals surface area contributed by atoms with Gasteiger partial charge in [-0.25, -0.2) is 8.78 Å². The van der Waals surface area contributed by atoms with Crippen LogP contribution in [0.25, 0.3) is 0 Å². The molecule has 0 spiro atoms. The van der Waals surface area contributed by atoms with Gasteiger partial charge in [-0.1, -0.05) is 6.07 Å². The summed E-state index contributed by atoms with van der Waals surface area (Å²) in [5, 5.41) is 15.1. The fraction of sp³-hybridized carbons (Fsp3) is 0.462. The first kappa shape index (κ1) is 16.8. The van der Waals surface area contributed by atoms with Crippen molar-refractivity contribution in [1.82, 2.24) is 10.6 Å². The van der Waals surface area contributed by atoms with Crippen LogP contribution in [0.4, 0.5) is 8.78 Å². The van der Waals surface area contributed by atoms with E-state index < -0.39 is 23.6 Å². The van der Waals surface area contributed by atoms with Crippen LogP contribution in [0, 0.1) is 17.6 Å². The number of benzene rings is 1. The predicted octanol–water partition coefficient (Wildman–Crippen LogP) is 0.626. The van der Waals surface area contributed by atoms with Gasteiger partial charge >= 0.3 is 0 Å². The fourth-order valence-electron chi connectivity index (χ4n) is 2.10. The number of hydrogen-bond donors (Lipinski definition) is 3. The zero-order valence-corrected chi connectivity index (χ0v) is 11.6. The van der Waals surface area contributed by atoms with Crippen molar-refractivity contribution in [2.24, 2.45) is 5.92 Å². The highest BCUT2D eigenvalue weighted by molar-refractivity contribution is 5.85. The monoisotopic (exact) mass is 306 g/mol. The lowest BCUT2D eigenvalue weighted by Gasteiger charge is -2.14. The average Bonchev–Trinajstić information content (AvgIpc) is 2.77. The summed E-state index contributed by atoms with van der Waals surface area (Å²) >= 11 is 0. The van der Waals surface area contributed by atoms with Gasteiger partial charge in [0.25, 0.3) is 0 Å². The van der Waals surface area contributed by atoms with Gasteiger partial charge in [-0.2, -0.15) is 0 Å². The maximum Gasteiger partial charge on any atom is 0.224 e. The Morgan fingerprint density at radius 2 is 2.00 bits per heavy atom. The fourth-order valence-corrected chi connectivity index (χ4v) is 2.10. The van der Waals surface area contributed by atoms with E-state index in [2.05, 4.69) is 10.6 Å². The Balaban J connectivity index is 0.00000200. The molecule has 0 saturated carbocycles.